The third-order valence-corrected chi connectivity index (χ3v) is 8.03. The van der Waals surface area contributed by atoms with Crippen molar-refractivity contribution in [2.45, 2.75) is 39.5 Å². The minimum absolute atomic E-state index is 0.0557. The maximum Gasteiger partial charge on any atom is 0.255 e. The number of nitrogens with zero attached hydrogens (tertiary/aromatic N) is 1. The monoisotopic (exact) mass is 492 g/mol. The highest BCUT2D eigenvalue weighted by atomic mass is 16.3. The lowest BCUT2D eigenvalue weighted by Crippen LogP contribution is -2.44. The number of allylic oxidation sites excluding steroid dienone is 2. The molecule has 1 fully saturated rings. The molecule has 1 heterocycles. The molecule has 1 amide bonds. The molecular formula is C28H32N2O6. The summed E-state index contributed by atoms with van der Waals surface area (Å²) in [5.74, 6) is -4.49. The average Bonchev–Trinajstić information content (AvgIpc) is 2.78. The summed E-state index contributed by atoms with van der Waals surface area (Å²) < 4.78 is 0. The molecule has 0 aromatic heterocycles. The van der Waals surface area contributed by atoms with Gasteiger partial charge in [-0.2, -0.15) is 0 Å². The van der Waals surface area contributed by atoms with Crippen LogP contribution >= 0.6 is 0 Å². The maximum atomic E-state index is 13.5. The highest BCUT2D eigenvalue weighted by Gasteiger charge is 2.51. The number of rotatable bonds is 4. The first kappa shape index (κ1) is 24.3. The van der Waals surface area contributed by atoms with Crippen LogP contribution in [-0.4, -0.2) is 57.3 Å². The summed E-state index contributed by atoms with van der Waals surface area (Å²) in [5, 5.41) is 32.7. The second-order valence-corrected chi connectivity index (χ2v) is 10.9. The summed E-state index contributed by atoms with van der Waals surface area (Å²) in [6, 6.07) is 3.42. The van der Waals surface area contributed by atoms with E-state index in [1.807, 2.05) is 6.07 Å². The van der Waals surface area contributed by atoms with Crippen molar-refractivity contribution in [2.24, 2.45) is 29.4 Å². The van der Waals surface area contributed by atoms with Gasteiger partial charge in [-0.05, 0) is 59.8 Å². The number of ketones is 2. The summed E-state index contributed by atoms with van der Waals surface area (Å²) in [6.45, 7) is 7.17. The van der Waals surface area contributed by atoms with Gasteiger partial charge in [-0.3, -0.25) is 19.3 Å². The van der Waals surface area contributed by atoms with Crippen LogP contribution in [0, 0.1) is 23.7 Å². The standard InChI is InChI=1S/C28H32N2O6/c1-13(2)12-30-7-5-14(6-8-30)17-3-4-19(31)23-18(17)10-15-9-16-11-20(32)24(28(29)36)27(35)22(16)25(33)21(15)26(23)34/h3-5,13,15-16,22,31,34-35H,6-12H2,1-2H3,(H2,29,36). The molecule has 8 heteroatoms. The van der Waals surface area contributed by atoms with E-state index in [9.17, 15) is 29.7 Å². The number of aliphatic hydroxyl groups excluding tert-OH is 2. The molecule has 8 nitrogen and oxygen atoms in total. The Labute approximate surface area is 209 Å². The van der Waals surface area contributed by atoms with Gasteiger partial charge in [-0.25, -0.2) is 0 Å². The lowest BCUT2D eigenvalue weighted by atomic mass is 9.61. The van der Waals surface area contributed by atoms with E-state index in [4.69, 9.17) is 5.73 Å². The van der Waals surface area contributed by atoms with Crippen LogP contribution in [0.3, 0.4) is 0 Å². The molecule has 190 valence electrons. The first-order chi connectivity index (χ1) is 17.1. The van der Waals surface area contributed by atoms with E-state index in [1.54, 1.807) is 6.07 Å². The topological polar surface area (TPSA) is 141 Å². The molecule has 5 rings (SSSR count). The Morgan fingerprint density at radius 3 is 2.56 bits per heavy atom. The van der Waals surface area contributed by atoms with E-state index in [0.717, 1.165) is 42.8 Å². The number of benzene rings is 1. The zero-order chi connectivity index (χ0) is 25.9. The van der Waals surface area contributed by atoms with Crippen molar-refractivity contribution in [1.82, 2.24) is 4.90 Å². The zero-order valence-corrected chi connectivity index (χ0v) is 20.6. The van der Waals surface area contributed by atoms with E-state index < -0.39 is 40.6 Å². The number of carbonyl (C=O) groups excluding carboxylic acids is 3. The van der Waals surface area contributed by atoms with E-state index >= 15 is 0 Å². The van der Waals surface area contributed by atoms with E-state index in [2.05, 4.69) is 24.8 Å². The summed E-state index contributed by atoms with van der Waals surface area (Å²) in [6.07, 6.45) is 3.82. The number of amides is 1. The largest absolute Gasteiger partial charge is 0.511 e. The number of aromatic hydroxyl groups is 1. The minimum atomic E-state index is -1.10. The van der Waals surface area contributed by atoms with Crippen LogP contribution in [0.4, 0.5) is 0 Å². The second kappa shape index (κ2) is 8.92. The van der Waals surface area contributed by atoms with Gasteiger partial charge in [0.05, 0.1) is 11.5 Å². The van der Waals surface area contributed by atoms with Crippen molar-refractivity contribution in [2.75, 3.05) is 19.6 Å². The van der Waals surface area contributed by atoms with Crippen molar-refractivity contribution >= 4 is 28.8 Å². The third-order valence-electron chi connectivity index (χ3n) is 8.03. The molecule has 0 saturated heterocycles. The van der Waals surface area contributed by atoms with Crippen LogP contribution in [-0.2, 0) is 20.8 Å². The van der Waals surface area contributed by atoms with Crippen LogP contribution in [0.5, 0.6) is 5.75 Å². The summed E-state index contributed by atoms with van der Waals surface area (Å²) in [4.78, 5) is 40.2. The van der Waals surface area contributed by atoms with Gasteiger partial charge in [0.15, 0.2) is 11.6 Å². The van der Waals surface area contributed by atoms with Gasteiger partial charge in [0.2, 0.25) is 0 Å². The Morgan fingerprint density at radius 2 is 1.92 bits per heavy atom. The van der Waals surface area contributed by atoms with Crippen LogP contribution in [0.25, 0.3) is 11.3 Å². The SMILES string of the molecule is CC(C)CN1CC=C(c2ccc(O)c3c2CC2CC4CC(=O)C(C(N)=O)=C(O)C4C(=O)C2=C3O)CC1. The van der Waals surface area contributed by atoms with Gasteiger partial charge in [-0.1, -0.05) is 26.0 Å². The summed E-state index contributed by atoms with van der Waals surface area (Å²) in [7, 11) is 0. The third kappa shape index (κ3) is 3.84. The van der Waals surface area contributed by atoms with Crippen molar-refractivity contribution in [1.29, 1.82) is 0 Å². The predicted octanol–water partition coefficient (Wildman–Crippen LogP) is 3.05. The van der Waals surface area contributed by atoms with Gasteiger partial charge < -0.3 is 21.1 Å². The lowest BCUT2D eigenvalue weighted by molar-refractivity contribution is -0.127. The quantitative estimate of drug-likeness (QED) is 0.473. The normalized spacial score (nSPS) is 26.5. The molecule has 1 aromatic rings. The number of nitrogens with two attached hydrogens (primary N) is 1. The number of phenols is 1. The van der Waals surface area contributed by atoms with Gasteiger partial charge in [0.25, 0.3) is 5.91 Å². The second-order valence-electron chi connectivity index (χ2n) is 10.9. The van der Waals surface area contributed by atoms with Crippen molar-refractivity contribution in [3.8, 4) is 5.75 Å². The first-order valence-corrected chi connectivity index (χ1v) is 12.6. The fourth-order valence-electron chi connectivity index (χ4n) is 6.58. The van der Waals surface area contributed by atoms with Crippen molar-refractivity contribution in [3.63, 3.8) is 0 Å². The number of primary amides is 1. The molecule has 3 unspecified atom stereocenters. The van der Waals surface area contributed by atoms with Gasteiger partial charge in [0, 0.05) is 31.6 Å². The Bertz CT molecular complexity index is 1270. The fourth-order valence-corrected chi connectivity index (χ4v) is 6.58. The highest BCUT2D eigenvalue weighted by molar-refractivity contribution is 6.21. The van der Waals surface area contributed by atoms with Crippen LogP contribution in [0.15, 0.2) is 35.1 Å². The van der Waals surface area contributed by atoms with E-state index in [-0.39, 0.29) is 35.0 Å². The summed E-state index contributed by atoms with van der Waals surface area (Å²) >= 11 is 0. The Hall–Kier alpha value is -3.39. The number of hydrogen-bond acceptors (Lipinski definition) is 7. The Kier molecular flexibility index (Phi) is 6.03. The number of hydrogen-bond donors (Lipinski definition) is 4. The van der Waals surface area contributed by atoms with E-state index in [1.165, 1.54) is 0 Å². The number of Topliss-reactive ketones (excluding diaryl/α,β-unsaturated/α-hetero) is 2. The Morgan fingerprint density at radius 1 is 1.17 bits per heavy atom. The van der Waals surface area contributed by atoms with Crippen LogP contribution in [0.1, 0.15) is 49.8 Å². The van der Waals surface area contributed by atoms with Gasteiger partial charge in [-0.15, -0.1) is 0 Å². The summed E-state index contributed by atoms with van der Waals surface area (Å²) in [5.41, 5.74) is 8.07. The fraction of sp³-hybridized carbons (Fsp3) is 0.464. The predicted molar refractivity (Wildman–Crippen MR) is 134 cm³/mol. The molecule has 5 N–H and O–H groups in total. The van der Waals surface area contributed by atoms with Crippen molar-refractivity contribution < 1.29 is 29.7 Å². The number of aliphatic hydroxyl groups is 2. The lowest BCUT2D eigenvalue weighted by Gasteiger charge is -2.41. The highest BCUT2D eigenvalue weighted by Crippen LogP contribution is 2.51. The molecule has 4 aliphatic rings. The molecular weight excluding hydrogens is 460 g/mol. The van der Waals surface area contributed by atoms with Gasteiger partial charge in [0.1, 0.15) is 22.8 Å². The average molecular weight is 493 g/mol. The molecule has 1 saturated carbocycles. The number of carbonyl (C=O) groups is 3. The van der Waals surface area contributed by atoms with Crippen molar-refractivity contribution in [3.05, 3.63) is 51.8 Å². The van der Waals surface area contributed by atoms with E-state index in [0.29, 0.717) is 18.8 Å². The smallest absolute Gasteiger partial charge is 0.255 e. The molecule has 0 spiro atoms. The van der Waals surface area contributed by atoms with Gasteiger partial charge >= 0.3 is 0 Å². The number of phenolic OH excluding ortho intramolecular Hbond substituents is 1. The molecule has 1 aromatic carbocycles. The Balaban J connectivity index is 1.56. The molecule has 3 aliphatic carbocycles. The molecule has 3 atom stereocenters. The van der Waals surface area contributed by atoms with Crippen LogP contribution < -0.4 is 5.73 Å². The number of fused-ring (bicyclic) bond motifs is 3. The molecule has 0 radical (unpaired) electrons. The molecule has 1 aliphatic heterocycles. The maximum absolute atomic E-state index is 13.5. The molecule has 36 heavy (non-hydrogen) atoms. The minimum Gasteiger partial charge on any atom is -0.511 e. The zero-order valence-electron chi connectivity index (χ0n) is 20.6. The van der Waals surface area contributed by atoms with Crippen LogP contribution in [0.2, 0.25) is 0 Å². The first-order valence-electron chi connectivity index (χ1n) is 12.6. The molecule has 0 bridgehead atoms.